The Morgan fingerprint density at radius 1 is 1.50 bits per heavy atom. The van der Waals surface area contributed by atoms with Crippen LogP contribution in [-0.4, -0.2) is 6.61 Å². The number of nitrogens with two attached hydrogens (primary N) is 1. The fourth-order valence-corrected chi connectivity index (χ4v) is 1.000. The minimum atomic E-state index is 0.323. The third-order valence-corrected chi connectivity index (χ3v) is 1.62. The monoisotopic (exact) mass is 135 g/mol. The second kappa shape index (κ2) is 1.99. The minimum absolute atomic E-state index is 0.323. The fraction of sp³-hybridized carbons (Fsp3) is 0.250. The van der Waals surface area contributed by atoms with Crippen LogP contribution in [0.1, 0.15) is 11.7 Å². The lowest BCUT2D eigenvalue weighted by Gasteiger charge is -1.95. The van der Waals surface area contributed by atoms with Crippen LogP contribution in [0, 0.1) is 0 Å². The summed E-state index contributed by atoms with van der Waals surface area (Å²) in [7, 11) is 0. The minimum Gasteiger partial charge on any atom is -0.399 e. The number of ether oxygens (including phenoxy) is 1. The van der Waals surface area contributed by atoms with Gasteiger partial charge in [-0.25, -0.2) is 0 Å². The molecule has 1 heterocycles. The van der Waals surface area contributed by atoms with Crippen molar-refractivity contribution in [3.63, 3.8) is 0 Å². The van der Waals surface area contributed by atoms with Gasteiger partial charge in [-0.3, -0.25) is 0 Å². The van der Waals surface area contributed by atoms with Crippen LogP contribution in [0.3, 0.4) is 0 Å². The first-order chi connectivity index (χ1) is 4.86. The number of nitrogen functional groups attached to an aromatic ring is 1. The summed E-state index contributed by atoms with van der Waals surface area (Å²) in [4.78, 5) is 0. The van der Waals surface area contributed by atoms with Crippen molar-refractivity contribution in [2.75, 3.05) is 12.3 Å². The number of epoxide rings is 1. The van der Waals surface area contributed by atoms with Crippen LogP contribution in [0.15, 0.2) is 24.3 Å². The average Bonchev–Trinajstić information content (AvgIpc) is 2.68. The lowest BCUT2D eigenvalue weighted by molar-refractivity contribution is 0.415. The van der Waals surface area contributed by atoms with Crippen LogP contribution >= 0.6 is 0 Å². The Kier molecular flexibility index (Phi) is 1.14. The predicted molar refractivity (Wildman–Crippen MR) is 39.5 cm³/mol. The molecule has 1 aliphatic heterocycles. The highest BCUT2D eigenvalue weighted by atomic mass is 16.6. The number of anilines is 1. The summed E-state index contributed by atoms with van der Waals surface area (Å²) in [6, 6.07) is 7.82. The molecule has 1 aromatic rings. The van der Waals surface area contributed by atoms with Gasteiger partial charge >= 0.3 is 0 Å². The predicted octanol–water partition coefficient (Wildman–Crippen LogP) is 1.34. The van der Waals surface area contributed by atoms with E-state index < -0.39 is 0 Å². The lowest BCUT2D eigenvalue weighted by atomic mass is 10.1. The van der Waals surface area contributed by atoms with Gasteiger partial charge in [-0.15, -0.1) is 0 Å². The zero-order valence-electron chi connectivity index (χ0n) is 5.58. The van der Waals surface area contributed by atoms with E-state index in [0.717, 1.165) is 12.3 Å². The fourth-order valence-electron chi connectivity index (χ4n) is 1.000. The van der Waals surface area contributed by atoms with Gasteiger partial charge in [0.1, 0.15) is 6.10 Å². The second-order valence-corrected chi connectivity index (χ2v) is 2.49. The summed E-state index contributed by atoms with van der Waals surface area (Å²) in [6.07, 6.45) is 0.323. The smallest absolute Gasteiger partial charge is 0.106 e. The maximum Gasteiger partial charge on any atom is 0.106 e. The molecule has 10 heavy (non-hydrogen) atoms. The number of rotatable bonds is 1. The molecule has 1 saturated heterocycles. The molecule has 2 rings (SSSR count). The summed E-state index contributed by atoms with van der Waals surface area (Å²) in [5.41, 5.74) is 7.58. The van der Waals surface area contributed by atoms with Crippen LogP contribution in [0.5, 0.6) is 0 Å². The van der Waals surface area contributed by atoms with E-state index in [0.29, 0.717) is 6.10 Å². The van der Waals surface area contributed by atoms with E-state index in [1.807, 2.05) is 24.3 Å². The van der Waals surface area contributed by atoms with Crippen LogP contribution in [0.4, 0.5) is 5.69 Å². The van der Waals surface area contributed by atoms with Crippen LogP contribution in [0.2, 0.25) is 0 Å². The molecule has 0 unspecified atom stereocenters. The van der Waals surface area contributed by atoms with Crippen LogP contribution in [-0.2, 0) is 4.74 Å². The van der Waals surface area contributed by atoms with E-state index in [-0.39, 0.29) is 0 Å². The Balaban J connectivity index is 2.32. The lowest BCUT2D eigenvalue weighted by Crippen LogP contribution is -1.86. The van der Waals surface area contributed by atoms with Crippen molar-refractivity contribution in [2.45, 2.75) is 6.10 Å². The van der Waals surface area contributed by atoms with E-state index in [2.05, 4.69) is 0 Å². The standard InChI is InChI=1S/C8H9NO/c9-7-3-1-2-6(4-7)8-5-10-8/h1-4,8H,5,9H2/t8-/m0/s1. The average molecular weight is 135 g/mol. The number of hydrogen-bond donors (Lipinski definition) is 1. The Morgan fingerprint density at radius 3 is 2.90 bits per heavy atom. The van der Waals surface area contributed by atoms with E-state index in [4.69, 9.17) is 10.5 Å². The number of benzene rings is 1. The van der Waals surface area contributed by atoms with Crippen LogP contribution in [0.25, 0.3) is 0 Å². The molecular weight excluding hydrogens is 126 g/mol. The van der Waals surface area contributed by atoms with Crippen molar-refractivity contribution >= 4 is 5.69 Å². The van der Waals surface area contributed by atoms with Gasteiger partial charge in [0.25, 0.3) is 0 Å². The van der Waals surface area contributed by atoms with Gasteiger partial charge in [0.2, 0.25) is 0 Å². The van der Waals surface area contributed by atoms with Gasteiger partial charge < -0.3 is 10.5 Å². The summed E-state index contributed by atoms with van der Waals surface area (Å²) in [5, 5.41) is 0. The second-order valence-electron chi connectivity index (χ2n) is 2.49. The highest BCUT2D eigenvalue weighted by Gasteiger charge is 2.24. The van der Waals surface area contributed by atoms with E-state index in [1.54, 1.807) is 0 Å². The van der Waals surface area contributed by atoms with Gasteiger partial charge in [0.05, 0.1) is 6.61 Å². The molecule has 1 aromatic carbocycles. The van der Waals surface area contributed by atoms with Crippen molar-refractivity contribution in [1.82, 2.24) is 0 Å². The summed E-state index contributed by atoms with van der Waals surface area (Å²) >= 11 is 0. The van der Waals surface area contributed by atoms with Crippen LogP contribution < -0.4 is 5.73 Å². The summed E-state index contributed by atoms with van der Waals surface area (Å²) in [5.74, 6) is 0. The first kappa shape index (κ1) is 5.74. The largest absolute Gasteiger partial charge is 0.399 e. The molecule has 0 aromatic heterocycles. The van der Waals surface area contributed by atoms with Crippen molar-refractivity contribution in [2.24, 2.45) is 0 Å². The summed E-state index contributed by atoms with van der Waals surface area (Å²) < 4.78 is 5.09. The molecule has 0 bridgehead atoms. The summed E-state index contributed by atoms with van der Waals surface area (Å²) in [6.45, 7) is 0.851. The molecule has 0 aliphatic carbocycles. The Hall–Kier alpha value is -1.02. The zero-order chi connectivity index (χ0) is 6.97. The van der Waals surface area contributed by atoms with Crippen molar-refractivity contribution in [3.05, 3.63) is 29.8 Å². The van der Waals surface area contributed by atoms with Gasteiger partial charge in [0, 0.05) is 5.69 Å². The molecule has 1 fully saturated rings. The highest BCUT2D eigenvalue weighted by molar-refractivity contribution is 5.41. The molecule has 0 radical (unpaired) electrons. The Morgan fingerprint density at radius 2 is 2.30 bits per heavy atom. The van der Waals surface area contributed by atoms with Crippen molar-refractivity contribution < 1.29 is 4.74 Å². The zero-order valence-corrected chi connectivity index (χ0v) is 5.58. The normalized spacial score (nSPS) is 22.6. The molecule has 2 N–H and O–H groups in total. The van der Waals surface area contributed by atoms with Gasteiger partial charge in [-0.1, -0.05) is 12.1 Å². The molecule has 0 saturated carbocycles. The molecule has 2 heteroatoms. The Bertz CT molecular complexity index is 243. The molecular formula is C8H9NO. The maximum absolute atomic E-state index is 5.57. The highest BCUT2D eigenvalue weighted by Crippen LogP contribution is 2.30. The first-order valence-electron chi connectivity index (χ1n) is 3.33. The maximum atomic E-state index is 5.57. The molecule has 2 nitrogen and oxygen atoms in total. The topological polar surface area (TPSA) is 38.5 Å². The third-order valence-electron chi connectivity index (χ3n) is 1.62. The molecule has 1 atom stereocenters. The van der Waals surface area contributed by atoms with Crippen molar-refractivity contribution in [1.29, 1.82) is 0 Å². The van der Waals surface area contributed by atoms with E-state index in [1.165, 1.54) is 5.56 Å². The van der Waals surface area contributed by atoms with Gasteiger partial charge in [0.15, 0.2) is 0 Å². The molecule has 52 valence electrons. The van der Waals surface area contributed by atoms with Gasteiger partial charge in [-0.05, 0) is 17.7 Å². The molecule has 0 spiro atoms. The Labute approximate surface area is 59.6 Å². The SMILES string of the molecule is Nc1cccc([C@@H]2CO2)c1. The molecule has 0 amide bonds. The van der Waals surface area contributed by atoms with Crippen molar-refractivity contribution in [3.8, 4) is 0 Å². The molecule has 1 aliphatic rings. The van der Waals surface area contributed by atoms with E-state index >= 15 is 0 Å². The quantitative estimate of drug-likeness (QED) is 0.466. The first-order valence-corrected chi connectivity index (χ1v) is 3.33. The van der Waals surface area contributed by atoms with Gasteiger partial charge in [-0.2, -0.15) is 0 Å². The third kappa shape index (κ3) is 0.977. The number of hydrogen-bond acceptors (Lipinski definition) is 2. The van der Waals surface area contributed by atoms with E-state index in [9.17, 15) is 0 Å².